The molecule has 0 amide bonds. The first-order chi connectivity index (χ1) is 8.36. The van der Waals surface area contributed by atoms with Crippen molar-refractivity contribution >= 4 is 16.5 Å². The van der Waals surface area contributed by atoms with Crippen LogP contribution in [0.3, 0.4) is 0 Å². The topological polar surface area (TPSA) is 55.0 Å². The number of aromatic nitrogens is 2. The van der Waals surface area contributed by atoms with Gasteiger partial charge in [-0.15, -0.1) is 0 Å². The SMILES string of the molecule is O=c1[nH]cc(C2=CCOCC2)c2cccnc12. The normalized spacial score (nSPS) is 15.9. The summed E-state index contributed by atoms with van der Waals surface area (Å²) in [7, 11) is 0. The van der Waals surface area contributed by atoms with Crippen molar-refractivity contribution in [1.82, 2.24) is 9.97 Å². The third-order valence-corrected chi connectivity index (χ3v) is 2.97. The van der Waals surface area contributed by atoms with Gasteiger partial charge in [0.2, 0.25) is 0 Å². The quantitative estimate of drug-likeness (QED) is 0.808. The molecule has 4 nitrogen and oxygen atoms in total. The van der Waals surface area contributed by atoms with E-state index >= 15 is 0 Å². The van der Waals surface area contributed by atoms with E-state index in [-0.39, 0.29) is 5.56 Å². The van der Waals surface area contributed by atoms with Crippen LogP contribution in [0.1, 0.15) is 12.0 Å². The van der Waals surface area contributed by atoms with E-state index in [0.717, 1.165) is 24.0 Å². The highest BCUT2D eigenvalue weighted by molar-refractivity contribution is 5.90. The zero-order valence-electron chi connectivity index (χ0n) is 9.27. The Labute approximate surface area is 98.0 Å². The molecule has 3 heterocycles. The number of ether oxygens (including phenoxy) is 1. The zero-order valence-corrected chi connectivity index (χ0v) is 9.27. The number of nitrogens with one attached hydrogen (secondary N) is 1. The molecule has 0 bridgehead atoms. The number of hydrogen-bond donors (Lipinski definition) is 1. The van der Waals surface area contributed by atoms with Crippen LogP contribution in [0.2, 0.25) is 0 Å². The third-order valence-electron chi connectivity index (χ3n) is 2.97. The molecule has 1 aliphatic rings. The largest absolute Gasteiger partial charge is 0.377 e. The summed E-state index contributed by atoms with van der Waals surface area (Å²) < 4.78 is 5.29. The lowest BCUT2D eigenvalue weighted by Crippen LogP contribution is -2.10. The lowest BCUT2D eigenvalue weighted by molar-refractivity contribution is 0.161. The molecule has 1 N–H and O–H groups in total. The maximum absolute atomic E-state index is 11.7. The van der Waals surface area contributed by atoms with Crippen LogP contribution in [0.15, 0.2) is 35.4 Å². The van der Waals surface area contributed by atoms with E-state index < -0.39 is 0 Å². The number of H-pyrrole nitrogens is 1. The molecule has 0 fully saturated rings. The van der Waals surface area contributed by atoms with E-state index in [1.807, 2.05) is 12.1 Å². The highest BCUT2D eigenvalue weighted by Gasteiger charge is 2.11. The number of hydrogen-bond acceptors (Lipinski definition) is 3. The zero-order chi connectivity index (χ0) is 11.7. The fourth-order valence-electron chi connectivity index (χ4n) is 2.12. The molecule has 0 atom stereocenters. The predicted octanol–water partition coefficient (Wildman–Crippen LogP) is 1.73. The van der Waals surface area contributed by atoms with Gasteiger partial charge in [-0.2, -0.15) is 0 Å². The number of aromatic amines is 1. The van der Waals surface area contributed by atoms with Gasteiger partial charge < -0.3 is 9.72 Å². The molecule has 0 radical (unpaired) electrons. The second-order valence-corrected chi connectivity index (χ2v) is 3.99. The molecule has 0 unspecified atom stereocenters. The van der Waals surface area contributed by atoms with E-state index in [2.05, 4.69) is 16.0 Å². The molecular formula is C13H12N2O2. The van der Waals surface area contributed by atoms with Crippen molar-refractivity contribution in [3.63, 3.8) is 0 Å². The second-order valence-electron chi connectivity index (χ2n) is 3.99. The number of nitrogens with zero attached hydrogens (tertiary/aromatic N) is 1. The summed E-state index contributed by atoms with van der Waals surface area (Å²) in [5, 5.41) is 0.907. The minimum absolute atomic E-state index is 0.142. The van der Waals surface area contributed by atoms with Gasteiger partial charge in [0, 0.05) is 23.3 Å². The maximum atomic E-state index is 11.7. The molecule has 4 heteroatoms. The summed E-state index contributed by atoms with van der Waals surface area (Å²) in [6.07, 6.45) is 6.34. The van der Waals surface area contributed by atoms with Crippen molar-refractivity contribution in [2.24, 2.45) is 0 Å². The first kappa shape index (κ1) is 10.2. The van der Waals surface area contributed by atoms with Crippen molar-refractivity contribution in [3.05, 3.63) is 46.5 Å². The number of rotatable bonds is 1. The first-order valence-corrected chi connectivity index (χ1v) is 5.60. The Morgan fingerprint density at radius 1 is 1.41 bits per heavy atom. The molecule has 0 spiro atoms. The van der Waals surface area contributed by atoms with Crippen LogP contribution in [0.4, 0.5) is 0 Å². The van der Waals surface area contributed by atoms with E-state index in [0.29, 0.717) is 12.1 Å². The first-order valence-electron chi connectivity index (χ1n) is 5.60. The standard InChI is InChI=1S/C13H12N2O2/c16-13-12-10(2-1-5-14-12)11(8-15-13)9-3-6-17-7-4-9/h1-3,5,8H,4,6-7H2,(H,15,16). The van der Waals surface area contributed by atoms with Gasteiger partial charge in [-0.1, -0.05) is 12.1 Å². The van der Waals surface area contributed by atoms with Crippen molar-refractivity contribution in [3.8, 4) is 0 Å². The molecule has 0 saturated carbocycles. The monoisotopic (exact) mass is 228 g/mol. The maximum Gasteiger partial charge on any atom is 0.274 e. The van der Waals surface area contributed by atoms with Crippen LogP contribution in [0.25, 0.3) is 16.5 Å². The highest BCUT2D eigenvalue weighted by Crippen LogP contribution is 2.25. The van der Waals surface area contributed by atoms with E-state index in [9.17, 15) is 4.79 Å². The van der Waals surface area contributed by atoms with Gasteiger partial charge in [0.05, 0.1) is 13.2 Å². The van der Waals surface area contributed by atoms with Gasteiger partial charge in [-0.3, -0.25) is 9.78 Å². The minimum atomic E-state index is -0.142. The number of fused-ring (bicyclic) bond motifs is 1. The Balaban J connectivity index is 2.27. The molecule has 2 aromatic rings. The minimum Gasteiger partial charge on any atom is -0.377 e. The van der Waals surface area contributed by atoms with Crippen LogP contribution >= 0.6 is 0 Å². The molecule has 0 aromatic carbocycles. The van der Waals surface area contributed by atoms with Crippen LogP contribution in [-0.2, 0) is 4.74 Å². The third kappa shape index (κ3) is 1.76. The van der Waals surface area contributed by atoms with Crippen molar-refractivity contribution in [2.45, 2.75) is 6.42 Å². The second kappa shape index (κ2) is 4.14. The molecule has 2 aromatic heterocycles. The molecule has 17 heavy (non-hydrogen) atoms. The smallest absolute Gasteiger partial charge is 0.274 e. The summed E-state index contributed by atoms with van der Waals surface area (Å²) in [5.74, 6) is 0. The van der Waals surface area contributed by atoms with Crippen molar-refractivity contribution < 1.29 is 4.74 Å². The van der Waals surface area contributed by atoms with Crippen LogP contribution in [0, 0.1) is 0 Å². The summed E-state index contributed by atoms with van der Waals surface area (Å²) in [5.41, 5.74) is 2.62. The van der Waals surface area contributed by atoms with Crippen molar-refractivity contribution in [1.29, 1.82) is 0 Å². The van der Waals surface area contributed by atoms with E-state index in [1.165, 1.54) is 5.57 Å². The number of pyridine rings is 2. The Bertz CT molecular complexity index is 643. The predicted molar refractivity (Wildman–Crippen MR) is 65.8 cm³/mol. The summed E-state index contributed by atoms with van der Waals surface area (Å²) in [6, 6.07) is 3.79. The van der Waals surface area contributed by atoms with Crippen LogP contribution < -0.4 is 5.56 Å². The van der Waals surface area contributed by atoms with Gasteiger partial charge in [0.1, 0.15) is 5.52 Å². The fraction of sp³-hybridized carbons (Fsp3) is 0.231. The molecule has 0 aliphatic carbocycles. The Kier molecular flexibility index (Phi) is 2.49. The van der Waals surface area contributed by atoms with Gasteiger partial charge >= 0.3 is 0 Å². The van der Waals surface area contributed by atoms with E-state index in [4.69, 9.17) is 4.74 Å². The van der Waals surface area contributed by atoms with Gasteiger partial charge in [-0.05, 0) is 18.1 Å². The fourth-order valence-corrected chi connectivity index (χ4v) is 2.12. The molecular weight excluding hydrogens is 216 g/mol. The summed E-state index contributed by atoms with van der Waals surface area (Å²) in [4.78, 5) is 18.5. The van der Waals surface area contributed by atoms with Crippen molar-refractivity contribution in [2.75, 3.05) is 13.2 Å². The Hall–Kier alpha value is -1.94. The van der Waals surface area contributed by atoms with Crippen LogP contribution in [0.5, 0.6) is 0 Å². The van der Waals surface area contributed by atoms with Gasteiger partial charge in [0.25, 0.3) is 5.56 Å². The lowest BCUT2D eigenvalue weighted by atomic mass is 9.99. The molecule has 0 saturated heterocycles. The lowest BCUT2D eigenvalue weighted by Gasteiger charge is -2.14. The average Bonchev–Trinajstić information content (AvgIpc) is 2.41. The average molecular weight is 228 g/mol. The molecule has 3 rings (SSSR count). The molecule has 86 valence electrons. The van der Waals surface area contributed by atoms with Gasteiger partial charge in [0.15, 0.2) is 0 Å². The Morgan fingerprint density at radius 2 is 2.35 bits per heavy atom. The highest BCUT2D eigenvalue weighted by atomic mass is 16.5. The Morgan fingerprint density at radius 3 is 3.18 bits per heavy atom. The van der Waals surface area contributed by atoms with Crippen LogP contribution in [-0.4, -0.2) is 23.2 Å². The summed E-state index contributed by atoms with van der Waals surface area (Å²) in [6.45, 7) is 1.36. The molecule has 1 aliphatic heterocycles. The summed E-state index contributed by atoms with van der Waals surface area (Å²) >= 11 is 0. The van der Waals surface area contributed by atoms with E-state index in [1.54, 1.807) is 12.4 Å². The van der Waals surface area contributed by atoms with Gasteiger partial charge in [-0.25, -0.2) is 0 Å².